The minimum Gasteiger partial charge on any atom is -0.387 e. The Labute approximate surface area is 255 Å². The highest BCUT2D eigenvalue weighted by Gasteiger charge is 2.54. The van der Waals surface area contributed by atoms with Crippen molar-refractivity contribution in [1.29, 1.82) is 0 Å². The molecule has 242 valence electrons. The molecule has 3 fully saturated rings. The van der Waals surface area contributed by atoms with Gasteiger partial charge in [0.2, 0.25) is 5.95 Å². The molecule has 0 amide bonds. The quantitative estimate of drug-likeness (QED) is 0.0982. The number of phosphoric ester groups is 2. The van der Waals surface area contributed by atoms with Gasteiger partial charge in [-0.25, -0.2) is 29.1 Å². The second kappa shape index (κ2) is 11.1. The molecule has 7 heterocycles. The van der Waals surface area contributed by atoms with Crippen molar-refractivity contribution in [2.24, 2.45) is 0 Å². The van der Waals surface area contributed by atoms with Gasteiger partial charge in [-0.2, -0.15) is 4.98 Å². The van der Waals surface area contributed by atoms with Crippen molar-refractivity contribution >= 4 is 62.0 Å². The summed E-state index contributed by atoms with van der Waals surface area (Å²) < 4.78 is 61.6. The summed E-state index contributed by atoms with van der Waals surface area (Å²) in [6.07, 6.45) is -8.71. The molecule has 7 rings (SSSR count). The number of hydrogen-bond donors (Lipinski definition) is 7. The lowest BCUT2D eigenvalue weighted by Crippen LogP contribution is -2.36. The fraction of sp³-hybridized carbons (Fsp3) is 0.500. The van der Waals surface area contributed by atoms with Gasteiger partial charge < -0.3 is 45.9 Å². The Morgan fingerprint density at radius 1 is 0.844 bits per heavy atom. The molecule has 25 heteroatoms. The number of rotatable bonds is 2. The van der Waals surface area contributed by atoms with Crippen molar-refractivity contribution in [1.82, 2.24) is 39.0 Å². The SMILES string of the molecule is Nc1nc2c(ncn2[C@@H]2O[C@@H]3COP(=O)(O)O[C@H]4[C@@H](O)[C@H](n5cnc6c(N)ncnc65)O[C@@H]4COP(=O)(O)O[C@@H]2[C@@H]3O)c(=S)[nH]1. The second-order valence-corrected chi connectivity index (χ2v) is 13.4. The smallest absolute Gasteiger partial charge is 0.387 e. The van der Waals surface area contributed by atoms with Crippen LogP contribution in [0.1, 0.15) is 12.5 Å². The van der Waals surface area contributed by atoms with E-state index in [1.807, 2.05) is 0 Å². The molecular weight excluding hydrogens is 666 g/mol. The standard InChI is InChI=1S/C20H24N10O12P2S/c21-14-8-15(24-3-23-14)29(4-25-8)18-11(32)12-7(40-18)2-38-44(35,36)42-13-10(31)6(1-37-43(33,34)41-12)39-19(13)30-5-26-9-16(30)27-20(22)28-17(9)45/h3-7,10-13,18-19,31-32H,1-2H2,(H,33,34)(H,35,36)(H2,21,23,24)(H3,22,27,28,45)/t6-,7-,10-,11-,12-,13-,18-,19-/m1/s1. The van der Waals surface area contributed by atoms with Gasteiger partial charge in [0, 0.05) is 0 Å². The van der Waals surface area contributed by atoms with Gasteiger partial charge in [0.05, 0.1) is 25.9 Å². The number of fused-ring (bicyclic) bond motifs is 5. The molecule has 0 radical (unpaired) electrons. The Morgan fingerprint density at radius 2 is 1.47 bits per heavy atom. The van der Waals surface area contributed by atoms with E-state index in [-0.39, 0.29) is 38.7 Å². The third-order valence-electron chi connectivity index (χ3n) is 7.32. The summed E-state index contributed by atoms with van der Waals surface area (Å²) in [5.74, 6) is -0.0313. The van der Waals surface area contributed by atoms with E-state index >= 15 is 0 Å². The van der Waals surface area contributed by atoms with Crippen LogP contribution < -0.4 is 11.5 Å². The van der Waals surface area contributed by atoms with Crippen LogP contribution in [0, 0.1) is 4.64 Å². The Morgan fingerprint density at radius 3 is 2.20 bits per heavy atom. The molecule has 10 atom stereocenters. The van der Waals surface area contributed by atoms with Gasteiger partial charge in [-0.15, -0.1) is 0 Å². The Bertz CT molecular complexity index is 1940. The van der Waals surface area contributed by atoms with Crippen LogP contribution in [0.5, 0.6) is 0 Å². The van der Waals surface area contributed by atoms with Crippen LogP contribution in [0.15, 0.2) is 19.0 Å². The monoisotopic (exact) mass is 690 g/mol. The first kappa shape index (κ1) is 30.6. The molecule has 0 saturated carbocycles. The number of aromatic nitrogens is 8. The Balaban J connectivity index is 1.21. The molecule has 2 bridgehead atoms. The van der Waals surface area contributed by atoms with Crippen molar-refractivity contribution in [3.05, 3.63) is 23.6 Å². The van der Waals surface area contributed by atoms with Crippen molar-refractivity contribution in [3.63, 3.8) is 0 Å². The Kier molecular flexibility index (Phi) is 7.52. The molecule has 4 aromatic rings. The molecule has 2 unspecified atom stereocenters. The zero-order chi connectivity index (χ0) is 31.8. The number of aliphatic hydroxyl groups excluding tert-OH is 2. The molecule has 0 aliphatic carbocycles. The molecule has 3 saturated heterocycles. The van der Waals surface area contributed by atoms with E-state index in [4.69, 9.17) is 51.3 Å². The second-order valence-electron chi connectivity index (χ2n) is 10.1. The van der Waals surface area contributed by atoms with E-state index in [0.717, 1.165) is 6.33 Å². The summed E-state index contributed by atoms with van der Waals surface area (Å²) in [6, 6.07) is 0. The number of nitrogen functional groups attached to an aromatic ring is 2. The lowest BCUT2D eigenvalue weighted by atomic mass is 10.1. The van der Waals surface area contributed by atoms with E-state index < -0.39 is 77.9 Å². The summed E-state index contributed by atoms with van der Waals surface area (Å²) in [4.78, 5) is 44.3. The maximum atomic E-state index is 13.2. The summed E-state index contributed by atoms with van der Waals surface area (Å²) in [5.41, 5.74) is 12.2. The molecule has 0 aromatic carbocycles. The number of imidazole rings is 2. The predicted molar refractivity (Wildman–Crippen MR) is 148 cm³/mol. The van der Waals surface area contributed by atoms with Crippen molar-refractivity contribution in [2.75, 3.05) is 24.7 Å². The van der Waals surface area contributed by atoms with Crippen LogP contribution in [0.25, 0.3) is 22.3 Å². The molecule has 9 N–H and O–H groups in total. The highest BCUT2D eigenvalue weighted by molar-refractivity contribution is 7.71. The highest BCUT2D eigenvalue weighted by atomic mass is 32.1. The zero-order valence-electron chi connectivity index (χ0n) is 22.4. The van der Waals surface area contributed by atoms with Crippen LogP contribution in [0.3, 0.4) is 0 Å². The third-order valence-corrected chi connectivity index (χ3v) is 9.59. The molecule has 22 nitrogen and oxygen atoms in total. The van der Waals surface area contributed by atoms with E-state index in [2.05, 4.69) is 29.9 Å². The number of anilines is 2. The normalized spacial score (nSPS) is 37.7. The first-order chi connectivity index (χ1) is 21.3. The van der Waals surface area contributed by atoms with Crippen LogP contribution in [0.2, 0.25) is 0 Å². The molecule has 4 aromatic heterocycles. The lowest BCUT2D eigenvalue weighted by molar-refractivity contribution is -0.0672. The summed E-state index contributed by atoms with van der Waals surface area (Å²) >= 11 is 5.22. The van der Waals surface area contributed by atoms with Crippen molar-refractivity contribution < 1.29 is 56.7 Å². The average molecular weight is 690 g/mol. The molecule has 3 aliphatic rings. The largest absolute Gasteiger partial charge is 0.472 e. The Hall–Kier alpha value is -3.02. The zero-order valence-corrected chi connectivity index (χ0v) is 25.0. The van der Waals surface area contributed by atoms with Crippen LogP contribution in [-0.4, -0.2) is 109 Å². The van der Waals surface area contributed by atoms with Crippen LogP contribution in [-0.2, 0) is 36.7 Å². The number of H-pyrrole nitrogens is 1. The number of aromatic amines is 1. The third kappa shape index (κ3) is 5.44. The number of aliphatic hydroxyl groups is 2. The van der Waals surface area contributed by atoms with E-state index in [0.29, 0.717) is 0 Å². The summed E-state index contributed by atoms with van der Waals surface area (Å²) in [5, 5.41) is 22.2. The number of ether oxygens (including phenoxy) is 2. The number of nitrogens with two attached hydrogens (primary N) is 2. The van der Waals surface area contributed by atoms with Crippen LogP contribution >= 0.6 is 27.9 Å². The maximum Gasteiger partial charge on any atom is 0.472 e. The fourth-order valence-electron chi connectivity index (χ4n) is 5.30. The van der Waals surface area contributed by atoms with Crippen molar-refractivity contribution in [2.45, 2.75) is 49.1 Å². The van der Waals surface area contributed by atoms with Crippen molar-refractivity contribution in [3.8, 4) is 0 Å². The molecule has 0 spiro atoms. The first-order valence-corrected chi connectivity index (χ1v) is 16.4. The van der Waals surface area contributed by atoms with Gasteiger partial charge in [0.25, 0.3) is 0 Å². The highest BCUT2D eigenvalue weighted by Crippen LogP contribution is 2.53. The maximum absolute atomic E-state index is 13.2. The van der Waals surface area contributed by atoms with Gasteiger partial charge in [-0.05, 0) is 0 Å². The minimum absolute atomic E-state index is 0.0446. The van der Waals surface area contributed by atoms with Gasteiger partial charge in [-0.3, -0.25) is 27.2 Å². The number of nitrogens with zero attached hydrogens (tertiary/aromatic N) is 7. The molecule has 45 heavy (non-hydrogen) atoms. The minimum atomic E-state index is -5.07. The van der Waals surface area contributed by atoms with E-state index in [1.165, 1.54) is 21.8 Å². The topological polar surface area (TPSA) is 313 Å². The van der Waals surface area contributed by atoms with Gasteiger partial charge in [0.15, 0.2) is 29.6 Å². The van der Waals surface area contributed by atoms with Gasteiger partial charge in [0.1, 0.15) is 58.6 Å². The van der Waals surface area contributed by atoms with E-state index in [9.17, 15) is 29.1 Å². The number of hydrogen-bond acceptors (Lipinski definition) is 18. The lowest BCUT2D eigenvalue weighted by Gasteiger charge is -2.25. The average Bonchev–Trinajstić information content (AvgIpc) is 3.72. The molecule has 3 aliphatic heterocycles. The number of phosphoric acid groups is 2. The number of nitrogens with one attached hydrogen (secondary N) is 1. The van der Waals surface area contributed by atoms with Crippen LogP contribution in [0.4, 0.5) is 11.8 Å². The summed E-state index contributed by atoms with van der Waals surface area (Å²) in [7, 11) is -10.1. The predicted octanol–water partition coefficient (Wildman–Crippen LogP) is -0.972. The summed E-state index contributed by atoms with van der Waals surface area (Å²) in [6.45, 7) is -1.58. The fourth-order valence-corrected chi connectivity index (χ4v) is 7.44. The van der Waals surface area contributed by atoms with E-state index in [1.54, 1.807) is 0 Å². The van der Waals surface area contributed by atoms with Gasteiger partial charge >= 0.3 is 15.6 Å². The van der Waals surface area contributed by atoms with Gasteiger partial charge in [-0.1, -0.05) is 12.2 Å². The molecular formula is C20H24N10O12P2S. The first-order valence-electron chi connectivity index (χ1n) is 13.0.